The van der Waals surface area contributed by atoms with Crippen LogP contribution in [0.1, 0.15) is 303 Å². The summed E-state index contributed by atoms with van der Waals surface area (Å²) < 4.78 is 30.3. The molecule has 0 aliphatic carbocycles. The molecule has 1 N–H and O–H groups in total. The molecule has 0 aliphatic rings. The SMILES string of the molecule is CCCCC/C=C\C/C=C\CCCCCCCCCCCCCC(=O)OC(/C=C/CCCCCCCCCCC)C(COP(=O)([O-])OCC[N+](C)(C)C)NC(=O)CCCCCCCCC/C=C/CCCCCCCC. The smallest absolute Gasteiger partial charge is 0.306 e. The summed E-state index contributed by atoms with van der Waals surface area (Å²) in [5.41, 5.74) is 0. The minimum Gasteiger partial charge on any atom is -0.756 e. The molecule has 0 aromatic carbocycles. The molecule has 0 spiro atoms. The number of esters is 1. The van der Waals surface area contributed by atoms with Gasteiger partial charge in [-0.25, -0.2) is 0 Å². The number of phosphoric ester groups is 1. The van der Waals surface area contributed by atoms with Gasteiger partial charge in [-0.1, -0.05) is 250 Å². The molecule has 1 amide bonds. The number of hydrogen-bond donors (Lipinski definition) is 1. The first kappa shape index (κ1) is 73.0. The fourth-order valence-corrected chi connectivity index (χ4v) is 9.98. The number of rotatable bonds is 58. The normalized spacial score (nSPS) is 14.0. The lowest BCUT2D eigenvalue weighted by Crippen LogP contribution is -2.47. The second-order valence-corrected chi connectivity index (χ2v) is 24.3. The first-order valence-electron chi connectivity index (χ1n) is 31.9. The predicted octanol–water partition coefficient (Wildman–Crippen LogP) is 19.0. The van der Waals surface area contributed by atoms with Crippen LogP contribution in [0.3, 0.4) is 0 Å². The Morgan fingerprint density at radius 3 is 1.24 bits per heavy atom. The van der Waals surface area contributed by atoms with E-state index in [1.807, 2.05) is 33.3 Å². The lowest BCUT2D eigenvalue weighted by atomic mass is 10.0. The van der Waals surface area contributed by atoms with Gasteiger partial charge in [0.1, 0.15) is 19.3 Å². The van der Waals surface area contributed by atoms with Crippen LogP contribution in [0.15, 0.2) is 48.6 Å². The highest BCUT2D eigenvalue weighted by atomic mass is 31.2. The molecule has 0 aliphatic heterocycles. The van der Waals surface area contributed by atoms with Crippen molar-refractivity contribution in [2.45, 2.75) is 315 Å². The summed E-state index contributed by atoms with van der Waals surface area (Å²) in [7, 11) is 1.19. The fraction of sp³-hybridized carbons (Fsp3) is 0.846. The van der Waals surface area contributed by atoms with E-state index in [0.717, 1.165) is 77.0 Å². The van der Waals surface area contributed by atoms with Crippen molar-refractivity contribution in [2.24, 2.45) is 0 Å². The molecule has 0 fully saturated rings. The van der Waals surface area contributed by atoms with Crippen molar-refractivity contribution in [1.29, 1.82) is 0 Å². The third-order valence-electron chi connectivity index (χ3n) is 14.2. The van der Waals surface area contributed by atoms with Crippen LogP contribution in [0.25, 0.3) is 0 Å². The van der Waals surface area contributed by atoms with Crippen molar-refractivity contribution < 1.29 is 37.3 Å². The van der Waals surface area contributed by atoms with Gasteiger partial charge in [-0.2, -0.15) is 0 Å². The van der Waals surface area contributed by atoms with Crippen molar-refractivity contribution in [1.82, 2.24) is 5.32 Å². The molecule has 0 aromatic rings. The number of ether oxygens (including phenoxy) is 1. The van der Waals surface area contributed by atoms with Gasteiger partial charge < -0.3 is 28.5 Å². The minimum absolute atomic E-state index is 0.0229. The van der Waals surface area contributed by atoms with E-state index in [4.69, 9.17) is 13.8 Å². The lowest BCUT2D eigenvalue weighted by molar-refractivity contribution is -0.870. The summed E-state index contributed by atoms with van der Waals surface area (Å²) in [6.45, 7) is 6.83. The number of quaternary nitrogens is 1. The third kappa shape index (κ3) is 56.5. The van der Waals surface area contributed by atoms with E-state index in [-0.39, 0.29) is 31.5 Å². The molecule has 0 saturated heterocycles. The first-order chi connectivity index (χ1) is 36.4. The summed E-state index contributed by atoms with van der Waals surface area (Å²) in [6, 6.07) is -0.890. The maximum absolute atomic E-state index is 13.5. The van der Waals surface area contributed by atoms with E-state index in [9.17, 15) is 19.0 Å². The largest absolute Gasteiger partial charge is 0.756 e. The molecule has 10 heteroatoms. The van der Waals surface area contributed by atoms with Gasteiger partial charge in [-0.05, 0) is 89.5 Å². The molecule has 75 heavy (non-hydrogen) atoms. The number of unbranched alkanes of at least 4 members (excludes halogenated alkanes) is 36. The van der Waals surface area contributed by atoms with Gasteiger partial charge in [0, 0.05) is 12.8 Å². The number of hydrogen-bond acceptors (Lipinski definition) is 7. The number of allylic oxidation sites excluding steroid dienone is 7. The van der Waals surface area contributed by atoms with E-state index >= 15 is 0 Å². The van der Waals surface area contributed by atoms with Crippen LogP contribution >= 0.6 is 7.82 Å². The van der Waals surface area contributed by atoms with E-state index < -0.39 is 20.0 Å². The molecule has 0 aromatic heterocycles. The van der Waals surface area contributed by atoms with Crippen LogP contribution < -0.4 is 10.2 Å². The number of nitrogens with zero attached hydrogens (tertiary/aromatic N) is 1. The number of nitrogens with one attached hydrogen (secondary N) is 1. The number of phosphoric acid groups is 1. The van der Waals surface area contributed by atoms with Crippen molar-refractivity contribution in [3.8, 4) is 0 Å². The zero-order chi connectivity index (χ0) is 55.0. The third-order valence-corrected chi connectivity index (χ3v) is 15.2. The van der Waals surface area contributed by atoms with Crippen molar-refractivity contribution in [3.05, 3.63) is 48.6 Å². The molecule has 0 saturated carbocycles. The maximum atomic E-state index is 13.5. The fourth-order valence-electron chi connectivity index (χ4n) is 9.25. The highest BCUT2D eigenvalue weighted by Crippen LogP contribution is 2.38. The maximum Gasteiger partial charge on any atom is 0.306 e. The Morgan fingerprint density at radius 2 is 0.813 bits per heavy atom. The molecule has 0 bridgehead atoms. The quantitative estimate of drug-likeness (QED) is 0.0212. The molecular weight excluding hydrogens is 952 g/mol. The molecule has 0 radical (unpaired) electrons. The molecule has 0 rings (SSSR count). The highest BCUT2D eigenvalue weighted by molar-refractivity contribution is 7.45. The van der Waals surface area contributed by atoms with Crippen LogP contribution in [-0.2, 0) is 27.9 Å². The monoisotopic (exact) mass is 1070 g/mol. The molecular formula is C65H123N2O7P. The highest BCUT2D eigenvalue weighted by Gasteiger charge is 2.27. The summed E-state index contributed by atoms with van der Waals surface area (Å²) in [4.78, 5) is 40.0. The topological polar surface area (TPSA) is 114 Å². The summed E-state index contributed by atoms with van der Waals surface area (Å²) in [5.74, 6) is -0.540. The van der Waals surface area contributed by atoms with E-state index in [2.05, 4.69) is 62.5 Å². The Balaban J connectivity index is 5.16. The van der Waals surface area contributed by atoms with Crippen LogP contribution in [0.2, 0.25) is 0 Å². The molecule has 3 atom stereocenters. The Hall–Kier alpha value is -2.03. The van der Waals surface area contributed by atoms with Gasteiger partial charge >= 0.3 is 5.97 Å². The minimum atomic E-state index is -4.70. The van der Waals surface area contributed by atoms with Gasteiger partial charge in [-0.15, -0.1) is 0 Å². The molecule has 0 heterocycles. The Bertz CT molecular complexity index is 1420. The molecule has 3 unspecified atom stereocenters. The van der Waals surface area contributed by atoms with Crippen LogP contribution in [0, 0.1) is 0 Å². The zero-order valence-electron chi connectivity index (χ0n) is 50.3. The summed E-state index contributed by atoms with van der Waals surface area (Å²) >= 11 is 0. The standard InChI is InChI=1S/C65H123N2O7P/c1-7-10-13-16-19-22-25-27-29-31-32-33-34-36-38-40-43-46-49-52-55-58-65(69)74-63(56-53-50-47-44-41-24-21-18-15-12-9-3)62(61-73-75(70,71)72-60-59-67(4,5)6)66-64(68)57-54-51-48-45-42-39-37-35-30-28-26-23-20-17-14-11-8-2/h19,22,27-30,53,56,62-63H,7-18,20-21,23-26,31-52,54-55,57-61H2,1-6H3,(H-,66,68,70,71)/b22-19-,29-27-,30-28+,56-53+. The van der Waals surface area contributed by atoms with E-state index in [0.29, 0.717) is 17.4 Å². The van der Waals surface area contributed by atoms with Gasteiger partial charge in [0.25, 0.3) is 7.82 Å². The number of amides is 1. The second-order valence-electron chi connectivity index (χ2n) is 22.9. The number of carbonyl (C=O) groups excluding carboxylic acids is 2. The number of carbonyl (C=O) groups is 2. The molecule has 9 nitrogen and oxygen atoms in total. The Morgan fingerprint density at radius 1 is 0.467 bits per heavy atom. The van der Waals surface area contributed by atoms with Crippen molar-refractivity contribution in [2.75, 3.05) is 40.9 Å². The predicted molar refractivity (Wildman–Crippen MR) is 321 cm³/mol. The van der Waals surface area contributed by atoms with Gasteiger partial charge in [0.15, 0.2) is 0 Å². The average molecular weight is 1080 g/mol. The van der Waals surface area contributed by atoms with E-state index in [1.165, 1.54) is 193 Å². The Kier molecular flexibility index (Phi) is 53.8. The lowest BCUT2D eigenvalue weighted by Gasteiger charge is -2.30. The average Bonchev–Trinajstić information content (AvgIpc) is 3.37. The van der Waals surface area contributed by atoms with Crippen molar-refractivity contribution >= 4 is 19.7 Å². The van der Waals surface area contributed by atoms with Gasteiger partial charge in [-0.3, -0.25) is 14.2 Å². The summed E-state index contributed by atoms with van der Waals surface area (Å²) in [6.07, 6.45) is 67.9. The van der Waals surface area contributed by atoms with E-state index in [1.54, 1.807) is 0 Å². The second kappa shape index (κ2) is 55.3. The van der Waals surface area contributed by atoms with Gasteiger partial charge in [0.05, 0.1) is 33.8 Å². The number of likely N-dealkylation sites (N-methyl/N-ethyl adjacent to an activating group) is 1. The molecule has 440 valence electrons. The Labute approximate surface area is 465 Å². The summed E-state index contributed by atoms with van der Waals surface area (Å²) in [5, 5.41) is 3.03. The van der Waals surface area contributed by atoms with Crippen molar-refractivity contribution in [3.63, 3.8) is 0 Å². The van der Waals surface area contributed by atoms with Crippen LogP contribution in [0.5, 0.6) is 0 Å². The van der Waals surface area contributed by atoms with Crippen LogP contribution in [-0.4, -0.2) is 69.4 Å². The van der Waals surface area contributed by atoms with Crippen LogP contribution in [0.4, 0.5) is 0 Å². The first-order valence-corrected chi connectivity index (χ1v) is 33.4. The zero-order valence-corrected chi connectivity index (χ0v) is 51.2. The van der Waals surface area contributed by atoms with Gasteiger partial charge in [0.2, 0.25) is 5.91 Å².